The van der Waals surface area contributed by atoms with Gasteiger partial charge in [0.05, 0.1) is 34.4 Å². The zero-order chi connectivity index (χ0) is 19.2. The lowest BCUT2D eigenvalue weighted by Crippen LogP contribution is -2.74. The van der Waals surface area contributed by atoms with Gasteiger partial charge in [0.1, 0.15) is 5.75 Å². The van der Waals surface area contributed by atoms with Crippen molar-refractivity contribution in [1.29, 1.82) is 0 Å². The van der Waals surface area contributed by atoms with Crippen LogP contribution in [0.3, 0.4) is 0 Å². The molecule has 1 aromatic heterocycles. The summed E-state index contributed by atoms with van der Waals surface area (Å²) in [4.78, 5) is 2.95. The van der Waals surface area contributed by atoms with Gasteiger partial charge in [-0.1, -0.05) is 12.1 Å². The maximum absolute atomic E-state index is 5.99. The Morgan fingerprint density at radius 1 is 1.22 bits per heavy atom. The Morgan fingerprint density at radius 2 is 1.96 bits per heavy atom. The molecule has 1 heterocycles. The standard InChI is InChI=1S/C20H25N6O/c1-21-20(22-2)24-23-13-15-9-11-16(12-10-15)27-14-19-25(3)17-7-5-6-8-18(17)26(19)4/h5-13H,14H2,1-4H3,(H2,21,22,24)/q+1/p+1/b23-13-. The first kappa shape index (κ1) is 18.4. The second-order valence-electron chi connectivity index (χ2n) is 6.13. The number of hydrogen-bond donors (Lipinski definition) is 3. The predicted octanol–water partition coefficient (Wildman–Crippen LogP) is -0.209. The molecule has 7 nitrogen and oxygen atoms in total. The Kier molecular flexibility index (Phi) is 5.71. The lowest BCUT2D eigenvalue weighted by molar-refractivity contribution is -0.655. The first-order valence-electron chi connectivity index (χ1n) is 8.80. The fraction of sp³-hybridized carbons (Fsp3) is 0.250. The number of hydrazone groups is 1. The number of nitrogens with one attached hydrogen (secondary N) is 3. The van der Waals surface area contributed by atoms with E-state index in [0.29, 0.717) is 6.61 Å². The normalized spacial score (nSPS) is 11.9. The number of guanidine groups is 1. The maximum Gasteiger partial charge on any atom is 0.366 e. The Hall–Kier alpha value is -3.35. The van der Waals surface area contributed by atoms with Crippen molar-refractivity contribution in [1.82, 2.24) is 15.3 Å². The van der Waals surface area contributed by atoms with Crippen LogP contribution in [0.15, 0.2) is 53.6 Å². The number of nitrogens with zero attached hydrogens (tertiary/aromatic N) is 3. The second-order valence-corrected chi connectivity index (χ2v) is 6.13. The molecular formula is C20H26N6O+2. The summed E-state index contributed by atoms with van der Waals surface area (Å²) in [6, 6.07) is 16.2. The number of rotatable bonds is 5. The summed E-state index contributed by atoms with van der Waals surface area (Å²) < 4.78 is 10.3. The molecule has 0 fully saturated rings. The van der Waals surface area contributed by atoms with Crippen LogP contribution in [0.1, 0.15) is 11.4 Å². The number of benzene rings is 2. The highest BCUT2D eigenvalue weighted by atomic mass is 16.5. The van der Waals surface area contributed by atoms with Crippen LogP contribution in [0.25, 0.3) is 11.0 Å². The Morgan fingerprint density at radius 3 is 2.63 bits per heavy atom. The minimum absolute atomic E-state index is 0.499. The van der Waals surface area contributed by atoms with E-state index >= 15 is 0 Å². The minimum Gasteiger partial charge on any atom is -0.481 e. The Bertz CT molecular complexity index is 933. The van der Waals surface area contributed by atoms with Gasteiger partial charge in [0.2, 0.25) is 0 Å². The van der Waals surface area contributed by atoms with E-state index < -0.39 is 0 Å². The van der Waals surface area contributed by atoms with Crippen molar-refractivity contribution in [3.8, 4) is 5.75 Å². The van der Waals surface area contributed by atoms with Crippen molar-refractivity contribution in [3.63, 3.8) is 0 Å². The highest BCUT2D eigenvalue weighted by Crippen LogP contribution is 2.16. The fourth-order valence-corrected chi connectivity index (χ4v) is 2.93. The SMILES string of the molecule is CNC(N/N=C\c1ccc(OCc2n(C)c3ccccc3[n+]2C)cc1)=[NH+]C. The van der Waals surface area contributed by atoms with Crippen LogP contribution < -0.4 is 25.0 Å². The van der Waals surface area contributed by atoms with Crippen LogP contribution in [0.2, 0.25) is 0 Å². The topological polar surface area (TPSA) is 68.4 Å². The average Bonchev–Trinajstić information content (AvgIpc) is 2.95. The van der Waals surface area contributed by atoms with Gasteiger partial charge in [-0.25, -0.2) is 9.13 Å². The van der Waals surface area contributed by atoms with Crippen molar-refractivity contribution in [2.75, 3.05) is 14.1 Å². The van der Waals surface area contributed by atoms with E-state index in [1.165, 1.54) is 11.0 Å². The summed E-state index contributed by atoms with van der Waals surface area (Å²) in [6.45, 7) is 0.499. The number of aryl methyl sites for hydroxylation is 2. The number of para-hydroxylation sites is 2. The number of fused-ring (bicyclic) bond motifs is 1. The van der Waals surface area contributed by atoms with Gasteiger partial charge in [-0.2, -0.15) is 5.43 Å². The van der Waals surface area contributed by atoms with Crippen LogP contribution in [0.4, 0.5) is 0 Å². The average molecular weight is 366 g/mol. The molecule has 3 aromatic rings. The van der Waals surface area contributed by atoms with Gasteiger partial charge in [0, 0.05) is 0 Å². The third-order valence-electron chi connectivity index (χ3n) is 4.52. The van der Waals surface area contributed by atoms with E-state index in [2.05, 4.69) is 68.3 Å². The smallest absolute Gasteiger partial charge is 0.366 e. The molecule has 0 atom stereocenters. The van der Waals surface area contributed by atoms with E-state index in [4.69, 9.17) is 4.74 Å². The molecule has 2 aromatic carbocycles. The molecule has 0 saturated heterocycles. The molecule has 3 N–H and O–H groups in total. The molecule has 0 bridgehead atoms. The fourth-order valence-electron chi connectivity index (χ4n) is 2.93. The van der Waals surface area contributed by atoms with Crippen molar-refractivity contribution < 1.29 is 14.3 Å². The molecule has 0 aliphatic carbocycles. The maximum atomic E-state index is 5.99. The third kappa shape index (κ3) is 4.08. The highest BCUT2D eigenvalue weighted by molar-refractivity contribution is 5.81. The number of aromatic nitrogens is 2. The summed E-state index contributed by atoms with van der Waals surface area (Å²) in [5.74, 6) is 2.66. The van der Waals surface area contributed by atoms with Crippen molar-refractivity contribution in [2.24, 2.45) is 19.2 Å². The predicted molar refractivity (Wildman–Crippen MR) is 107 cm³/mol. The number of hydrogen-bond acceptors (Lipinski definition) is 2. The number of imidazole rings is 1. The molecule has 3 rings (SSSR count). The summed E-state index contributed by atoms with van der Waals surface area (Å²) in [5.41, 5.74) is 6.25. The van der Waals surface area contributed by atoms with E-state index in [9.17, 15) is 0 Å². The van der Waals surface area contributed by atoms with E-state index in [1.54, 1.807) is 6.21 Å². The van der Waals surface area contributed by atoms with Crippen molar-refractivity contribution >= 4 is 23.2 Å². The monoisotopic (exact) mass is 366 g/mol. The molecule has 0 aliphatic rings. The molecule has 0 aliphatic heterocycles. The lowest BCUT2D eigenvalue weighted by Gasteiger charge is -2.05. The highest BCUT2D eigenvalue weighted by Gasteiger charge is 2.19. The van der Waals surface area contributed by atoms with Crippen LogP contribution in [-0.4, -0.2) is 30.8 Å². The summed E-state index contributed by atoms with van der Waals surface area (Å²) in [7, 11) is 7.76. The van der Waals surface area contributed by atoms with Gasteiger partial charge in [-0.3, -0.25) is 10.3 Å². The van der Waals surface area contributed by atoms with Crippen LogP contribution in [-0.2, 0) is 20.7 Å². The van der Waals surface area contributed by atoms with Gasteiger partial charge < -0.3 is 4.74 Å². The van der Waals surface area contributed by atoms with Gasteiger partial charge in [0.25, 0.3) is 5.82 Å². The zero-order valence-corrected chi connectivity index (χ0v) is 16.2. The Labute approximate surface area is 159 Å². The molecule has 0 saturated carbocycles. The third-order valence-corrected chi connectivity index (χ3v) is 4.52. The van der Waals surface area contributed by atoms with Crippen molar-refractivity contribution in [3.05, 3.63) is 59.9 Å². The molecule has 140 valence electrons. The first-order chi connectivity index (χ1) is 13.1. The van der Waals surface area contributed by atoms with Crippen LogP contribution in [0.5, 0.6) is 5.75 Å². The van der Waals surface area contributed by atoms with Crippen LogP contribution in [0, 0.1) is 0 Å². The Balaban J connectivity index is 1.65. The van der Waals surface area contributed by atoms with E-state index in [1.807, 2.05) is 38.4 Å². The zero-order valence-electron chi connectivity index (χ0n) is 16.2. The summed E-state index contributed by atoms with van der Waals surface area (Å²) in [5, 5.41) is 7.12. The van der Waals surface area contributed by atoms with E-state index in [-0.39, 0.29) is 0 Å². The molecular weight excluding hydrogens is 340 g/mol. The van der Waals surface area contributed by atoms with E-state index in [0.717, 1.165) is 23.1 Å². The molecule has 0 radical (unpaired) electrons. The second kappa shape index (κ2) is 8.35. The van der Waals surface area contributed by atoms with Gasteiger partial charge in [0.15, 0.2) is 17.6 Å². The molecule has 0 spiro atoms. The quantitative estimate of drug-likeness (QED) is 0.253. The minimum atomic E-state index is 0.499. The van der Waals surface area contributed by atoms with Crippen LogP contribution >= 0.6 is 0 Å². The summed E-state index contributed by atoms with van der Waals surface area (Å²) >= 11 is 0. The molecule has 0 unspecified atom stereocenters. The van der Waals surface area contributed by atoms with Gasteiger partial charge >= 0.3 is 5.96 Å². The number of ether oxygens (including phenoxy) is 1. The van der Waals surface area contributed by atoms with Crippen molar-refractivity contribution in [2.45, 2.75) is 6.61 Å². The molecule has 0 amide bonds. The molecule has 27 heavy (non-hydrogen) atoms. The van der Waals surface area contributed by atoms with Gasteiger partial charge in [-0.05, 0) is 42.0 Å². The first-order valence-corrected chi connectivity index (χ1v) is 8.80. The summed E-state index contributed by atoms with van der Waals surface area (Å²) in [6.07, 6.45) is 1.75. The largest absolute Gasteiger partial charge is 0.481 e. The molecule has 7 heteroatoms. The van der Waals surface area contributed by atoms with Gasteiger partial charge in [-0.15, -0.1) is 5.10 Å². The lowest BCUT2D eigenvalue weighted by atomic mass is 10.2.